The van der Waals surface area contributed by atoms with Gasteiger partial charge in [-0.1, -0.05) is 12.1 Å². The van der Waals surface area contributed by atoms with Gasteiger partial charge in [-0.05, 0) is 30.7 Å². The van der Waals surface area contributed by atoms with Crippen molar-refractivity contribution >= 4 is 0 Å². The maximum atomic E-state index is 13.8. The quantitative estimate of drug-likeness (QED) is 0.868. The van der Waals surface area contributed by atoms with E-state index >= 15 is 0 Å². The van der Waals surface area contributed by atoms with Crippen LogP contribution in [0.4, 0.5) is 8.78 Å². The van der Waals surface area contributed by atoms with E-state index in [2.05, 4.69) is 4.98 Å². The third kappa shape index (κ3) is 2.17. The zero-order chi connectivity index (χ0) is 12.4. The zero-order valence-corrected chi connectivity index (χ0v) is 9.19. The minimum absolute atomic E-state index is 0.218. The third-order valence-electron chi connectivity index (χ3n) is 2.56. The normalized spacial score (nSPS) is 12.5. The zero-order valence-electron chi connectivity index (χ0n) is 9.19. The van der Waals surface area contributed by atoms with E-state index in [0.29, 0.717) is 0 Å². The summed E-state index contributed by atoms with van der Waals surface area (Å²) in [7, 11) is 0. The molecule has 0 spiro atoms. The van der Waals surface area contributed by atoms with Crippen LogP contribution in [0.3, 0.4) is 0 Å². The first-order valence-electron chi connectivity index (χ1n) is 5.14. The minimum Gasteiger partial charge on any atom is -0.382 e. The molecule has 0 aliphatic carbocycles. The van der Waals surface area contributed by atoms with E-state index in [1.165, 1.54) is 25.3 Å². The van der Waals surface area contributed by atoms with Gasteiger partial charge in [0.1, 0.15) is 17.7 Å². The standard InChI is InChI=1S/C13H11F2NO/c1-8-5-6-9(14)11(12(8)15)13(17)10-4-2-3-7-16-10/h2-7,13,17H,1H3. The summed E-state index contributed by atoms with van der Waals surface area (Å²) in [5.74, 6) is -1.51. The van der Waals surface area contributed by atoms with E-state index in [1.54, 1.807) is 12.1 Å². The molecule has 1 atom stereocenters. The molecule has 0 radical (unpaired) electrons. The van der Waals surface area contributed by atoms with Crippen molar-refractivity contribution in [3.05, 3.63) is 65.0 Å². The monoisotopic (exact) mass is 235 g/mol. The molecule has 2 rings (SSSR count). The predicted molar refractivity (Wildman–Crippen MR) is 59.4 cm³/mol. The van der Waals surface area contributed by atoms with Crippen LogP contribution in [-0.2, 0) is 0 Å². The molecule has 4 heteroatoms. The highest BCUT2D eigenvalue weighted by Gasteiger charge is 2.21. The average molecular weight is 235 g/mol. The minimum atomic E-state index is -1.39. The maximum absolute atomic E-state index is 13.8. The molecule has 0 saturated carbocycles. The van der Waals surface area contributed by atoms with E-state index in [1.807, 2.05) is 0 Å². The van der Waals surface area contributed by atoms with Crippen molar-refractivity contribution in [3.63, 3.8) is 0 Å². The SMILES string of the molecule is Cc1ccc(F)c(C(O)c2ccccn2)c1F. The van der Waals surface area contributed by atoms with Crippen molar-refractivity contribution < 1.29 is 13.9 Å². The number of rotatable bonds is 2. The van der Waals surface area contributed by atoms with Gasteiger partial charge in [0.05, 0.1) is 11.3 Å². The first kappa shape index (κ1) is 11.7. The summed E-state index contributed by atoms with van der Waals surface area (Å²) < 4.78 is 27.3. The van der Waals surface area contributed by atoms with Gasteiger partial charge in [-0.25, -0.2) is 8.78 Å². The van der Waals surface area contributed by atoms with Gasteiger partial charge in [-0.15, -0.1) is 0 Å². The smallest absolute Gasteiger partial charge is 0.135 e. The van der Waals surface area contributed by atoms with Gasteiger partial charge in [0, 0.05) is 6.20 Å². The molecule has 1 aromatic carbocycles. The summed E-state index contributed by atoms with van der Waals surface area (Å²) in [6, 6.07) is 7.31. The maximum Gasteiger partial charge on any atom is 0.135 e. The van der Waals surface area contributed by atoms with E-state index in [9.17, 15) is 13.9 Å². The molecule has 1 heterocycles. The van der Waals surface area contributed by atoms with Crippen LogP contribution < -0.4 is 0 Å². The van der Waals surface area contributed by atoms with E-state index in [4.69, 9.17) is 0 Å². The molecule has 88 valence electrons. The van der Waals surface area contributed by atoms with Crippen molar-refractivity contribution in [3.8, 4) is 0 Å². The highest BCUT2D eigenvalue weighted by atomic mass is 19.1. The Labute approximate surface area is 97.6 Å². The number of hydrogen-bond donors (Lipinski definition) is 1. The molecule has 2 nitrogen and oxygen atoms in total. The van der Waals surface area contributed by atoms with Crippen LogP contribution in [0.5, 0.6) is 0 Å². The first-order valence-corrected chi connectivity index (χ1v) is 5.14. The number of benzene rings is 1. The van der Waals surface area contributed by atoms with Crippen molar-refractivity contribution in [2.24, 2.45) is 0 Å². The summed E-state index contributed by atoms with van der Waals surface area (Å²) in [4.78, 5) is 3.88. The summed E-state index contributed by atoms with van der Waals surface area (Å²) in [5, 5.41) is 9.94. The fraction of sp³-hybridized carbons (Fsp3) is 0.154. The summed E-state index contributed by atoms with van der Waals surface area (Å²) in [5.41, 5.74) is 0.149. The van der Waals surface area contributed by atoms with E-state index in [0.717, 1.165) is 6.07 Å². The summed E-state index contributed by atoms with van der Waals surface area (Å²) in [6.07, 6.45) is 0.0700. The van der Waals surface area contributed by atoms with Crippen LogP contribution in [0.15, 0.2) is 36.5 Å². The number of aliphatic hydroxyl groups is 1. The molecule has 0 bridgehead atoms. The number of halogens is 2. The number of aliphatic hydroxyl groups excluding tert-OH is 1. The summed E-state index contributed by atoms with van der Waals surface area (Å²) in [6.45, 7) is 1.52. The summed E-state index contributed by atoms with van der Waals surface area (Å²) >= 11 is 0. The van der Waals surface area contributed by atoms with Crippen LogP contribution >= 0.6 is 0 Å². The van der Waals surface area contributed by atoms with Gasteiger partial charge in [0.15, 0.2) is 0 Å². The van der Waals surface area contributed by atoms with Crippen molar-refractivity contribution in [1.82, 2.24) is 4.98 Å². The average Bonchev–Trinajstić information content (AvgIpc) is 2.35. The molecule has 1 unspecified atom stereocenters. The highest BCUT2D eigenvalue weighted by molar-refractivity contribution is 5.32. The van der Waals surface area contributed by atoms with Crippen LogP contribution in [0.1, 0.15) is 22.9 Å². The van der Waals surface area contributed by atoms with Crippen LogP contribution in [-0.4, -0.2) is 10.1 Å². The largest absolute Gasteiger partial charge is 0.382 e. The van der Waals surface area contributed by atoms with Gasteiger partial charge in [0.2, 0.25) is 0 Å². The Hall–Kier alpha value is -1.81. The molecule has 0 aliphatic rings. The Balaban J connectivity index is 2.51. The van der Waals surface area contributed by atoms with Crippen LogP contribution in [0.25, 0.3) is 0 Å². The van der Waals surface area contributed by atoms with Crippen LogP contribution in [0.2, 0.25) is 0 Å². The van der Waals surface area contributed by atoms with Gasteiger partial charge in [0.25, 0.3) is 0 Å². The molecule has 0 saturated heterocycles. The lowest BCUT2D eigenvalue weighted by molar-refractivity contribution is 0.204. The Morgan fingerprint density at radius 1 is 1.18 bits per heavy atom. The lowest BCUT2D eigenvalue weighted by Gasteiger charge is -2.13. The molecule has 1 N–H and O–H groups in total. The molecule has 0 aliphatic heterocycles. The Bertz CT molecular complexity index is 528. The van der Waals surface area contributed by atoms with Crippen molar-refractivity contribution in [2.75, 3.05) is 0 Å². The number of aromatic nitrogens is 1. The molecule has 0 fully saturated rings. The first-order chi connectivity index (χ1) is 8.11. The number of nitrogens with zero attached hydrogens (tertiary/aromatic N) is 1. The molecule has 17 heavy (non-hydrogen) atoms. The van der Waals surface area contributed by atoms with E-state index in [-0.39, 0.29) is 16.8 Å². The number of pyridine rings is 1. The molecule has 2 aromatic rings. The second-order valence-corrected chi connectivity index (χ2v) is 3.75. The topological polar surface area (TPSA) is 33.1 Å². The fourth-order valence-electron chi connectivity index (χ4n) is 1.61. The second-order valence-electron chi connectivity index (χ2n) is 3.75. The predicted octanol–water partition coefficient (Wildman–Crippen LogP) is 2.75. The second kappa shape index (κ2) is 4.59. The van der Waals surface area contributed by atoms with Gasteiger partial charge < -0.3 is 5.11 Å². The highest BCUT2D eigenvalue weighted by Crippen LogP contribution is 2.27. The Morgan fingerprint density at radius 3 is 2.59 bits per heavy atom. The lowest BCUT2D eigenvalue weighted by Crippen LogP contribution is -2.08. The Morgan fingerprint density at radius 2 is 1.94 bits per heavy atom. The molecular weight excluding hydrogens is 224 g/mol. The van der Waals surface area contributed by atoms with Crippen molar-refractivity contribution in [1.29, 1.82) is 0 Å². The van der Waals surface area contributed by atoms with E-state index < -0.39 is 17.7 Å². The van der Waals surface area contributed by atoms with Gasteiger partial charge in [-0.2, -0.15) is 0 Å². The van der Waals surface area contributed by atoms with Gasteiger partial charge in [-0.3, -0.25) is 4.98 Å². The number of aryl methyl sites for hydroxylation is 1. The Kier molecular flexibility index (Phi) is 3.15. The van der Waals surface area contributed by atoms with Gasteiger partial charge >= 0.3 is 0 Å². The molecule has 1 aromatic heterocycles. The molecule has 0 amide bonds. The van der Waals surface area contributed by atoms with Crippen molar-refractivity contribution in [2.45, 2.75) is 13.0 Å². The third-order valence-corrected chi connectivity index (χ3v) is 2.56. The molecular formula is C13H11F2NO. The number of hydrogen-bond acceptors (Lipinski definition) is 2. The lowest BCUT2D eigenvalue weighted by atomic mass is 10.0. The fourth-order valence-corrected chi connectivity index (χ4v) is 1.61. The van der Waals surface area contributed by atoms with Crippen LogP contribution in [0, 0.1) is 18.6 Å².